The number of benzene rings is 1. The number of carbonyl (C=O) groups excluding carboxylic acids is 1. The lowest BCUT2D eigenvalue weighted by Gasteiger charge is -2.13. The van der Waals surface area contributed by atoms with Crippen LogP contribution in [0.5, 0.6) is 0 Å². The fraction of sp³-hybridized carbons (Fsp3) is 0.300. The van der Waals surface area contributed by atoms with Gasteiger partial charge >= 0.3 is 0 Å². The van der Waals surface area contributed by atoms with Crippen molar-refractivity contribution in [2.24, 2.45) is 0 Å². The molecule has 0 saturated carbocycles. The van der Waals surface area contributed by atoms with Crippen molar-refractivity contribution in [3.05, 3.63) is 59.5 Å². The van der Waals surface area contributed by atoms with Crippen molar-refractivity contribution in [1.82, 2.24) is 19.7 Å². The number of carbonyl (C=O) groups is 1. The Bertz CT molecular complexity index is 935. The van der Waals surface area contributed by atoms with Gasteiger partial charge in [-0.15, -0.1) is 11.8 Å². The van der Waals surface area contributed by atoms with Gasteiger partial charge in [-0.05, 0) is 30.3 Å². The highest BCUT2D eigenvalue weighted by Gasteiger charge is 2.22. The molecule has 3 aromatic rings. The smallest absolute Gasteiger partial charge is 0.252 e. The number of hydrogen-bond acceptors (Lipinski definition) is 5. The number of amides is 1. The number of anilines is 1. The lowest BCUT2D eigenvalue weighted by molar-refractivity contribution is -0.115. The molecule has 0 unspecified atom stereocenters. The van der Waals surface area contributed by atoms with Crippen molar-refractivity contribution in [3.8, 4) is 5.95 Å². The quantitative estimate of drug-likeness (QED) is 0.589. The van der Waals surface area contributed by atoms with E-state index in [1.807, 2.05) is 30.3 Å². The molecule has 0 spiro atoms. The number of hydrogen-bond donors (Lipinski definition) is 1. The third-order valence-corrected chi connectivity index (χ3v) is 5.16. The molecule has 0 fully saturated rings. The Hall–Kier alpha value is -2.38. The van der Waals surface area contributed by atoms with E-state index in [9.17, 15) is 4.79 Å². The summed E-state index contributed by atoms with van der Waals surface area (Å²) in [6, 6.07) is 11.2. The summed E-state index contributed by atoms with van der Waals surface area (Å²) in [5.41, 5.74) is 0.690. The van der Waals surface area contributed by atoms with Gasteiger partial charge < -0.3 is 5.32 Å². The molecular formula is C20H22ClN5OS. The van der Waals surface area contributed by atoms with Crippen LogP contribution < -0.4 is 5.32 Å². The standard InChI is InChI=1S/C20H22ClN5OS/c1-20(2,3)16-13-17(26(25-16)19-22-10-4-11-23-19)24-18(27)9-12-28-15-7-5-14(21)6-8-15/h4-8,10-11,13H,9,12H2,1-3H3,(H,24,27). The second-order valence-corrected chi connectivity index (χ2v) is 8.83. The van der Waals surface area contributed by atoms with Gasteiger partial charge in [0.25, 0.3) is 5.95 Å². The van der Waals surface area contributed by atoms with Crippen LogP contribution in [0.4, 0.5) is 5.82 Å². The van der Waals surface area contributed by atoms with E-state index in [2.05, 4.69) is 41.2 Å². The topological polar surface area (TPSA) is 72.7 Å². The van der Waals surface area contributed by atoms with E-state index in [1.54, 1.807) is 34.9 Å². The average molecular weight is 416 g/mol. The molecule has 0 saturated heterocycles. The third kappa shape index (κ3) is 5.33. The normalized spacial score (nSPS) is 11.4. The predicted octanol–water partition coefficient (Wildman–Crippen LogP) is 4.73. The number of thioether (sulfide) groups is 1. The Balaban J connectivity index is 1.69. The first-order valence-electron chi connectivity index (χ1n) is 8.89. The van der Waals surface area contributed by atoms with Crippen molar-refractivity contribution in [2.45, 2.75) is 37.5 Å². The van der Waals surface area contributed by atoms with Gasteiger partial charge in [0.05, 0.1) is 5.69 Å². The molecule has 0 aliphatic rings. The molecule has 6 nitrogen and oxygen atoms in total. The van der Waals surface area contributed by atoms with E-state index >= 15 is 0 Å². The van der Waals surface area contributed by atoms with Crippen LogP contribution in [0.25, 0.3) is 5.95 Å². The zero-order chi connectivity index (χ0) is 20.1. The first kappa shape index (κ1) is 20.4. The lowest BCUT2D eigenvalue weighted by Crippen LogP contribution is -2.16. The summed E-state index contributed by atoms with van der Waals surface area (Å²) in [7, 11) is 0. The van der Waals surface area contributed by atoms with E-state index in [0.29, 0.717) is 29.0 Å². The molecule has 8 heteroatoms. The summed E-state index contributed by atoms with van der Waals surface area (Å²) >= 11 is 7.51. The minimum atomic E-state index is -0.163. The molecule has 0 radical (unpaired) electrons. The predicted molar refractivity (Wildman–Crippen MR) is 113 cm³/mol. The maximum absolute atomic E-state index is 12.5. The summed E-state index contributed by atoms with van der Waals surface area (Å²) in [6.45, 7) is 6.21. The van der Waals surface area contributed by atoms with E-state index in [-0.39, 0.29) is 11.3 Å². The van der Waals surface area contributed by atoms with Gasteiger partial charge in [0.2, 0.25) is 5.91 Å². The van der Waals surface area contributed by atoms with Gasteiger partial charge in [0.15, 0.2) is 0 Å². The van der Waals surface area contributed by atoms with Crippen LogP contribution in [0.15, 0.2) is 53.7 Å². The third-order valence-electron chi connectivity index (χ3n) is 3.90. The molecule has 2 aromatic heterocycles. The largest absolute Gasteiger partial charge is 0.310 e. The van der Waals surface area contributed by atoms with Crippen LogP contribution in [-0.4, -0.2) is 31.4 Å². The Morgan fingerprint density at radius 2 is 1.86 bits per heavy atom. The first-order valence-corrected chi connectivity index (χ1v) is 10.3. The maximum Gasteiger partial charge on any atom is 0.252 e. The van der Waals surface area contributed by atoms with Crippen LogP contribution in [0.1, 0.15) is 32.9 Å². The van der Waals surface area contributed by atoms with Crippen LogP contribution in [0, 0.1) is 0 Å². The minimum Gasteiger partial charge on any atom is -0.310 e. The monoisotopic (exact) mass is 415 g/mol. The molecule has 0 atom stereocenters. The van der Waals surface area contributed by atoms with E-state index in [1.165, 1.54) is 0 Å². The summed E-state index contributed by atoms with van der Waals surface area (Å²) in [5, 5.41) is 8.25. The second-order valence-electron chi connectivity index (χ2n) is 7.23. The highest BCUT2D eigenvalue weighted by molar-refractivity contribution is 7.99. The molecule has 3 rings (SSSR count). The fourth-order valence-electron chi connectivity index (χ4n) is 2.39. The number of nitrogens with one attached hydrogen (secondary N) is 1. The first-order chi connectivity index (χ1) is 13.3. The summed E-state index contributed by atoms with van der Waals surface area (Å²) in [5.74, 6) is 1.57. The summed E-state index contributed by atoms with van der Waals surface area (Å²) in [6.07, 6.45) is 3.67. The van der Waals surface area contributed by atoms with Gasteiger partial charge in [-0.1, -0.05) is 32.4 Å². The lowest BCUT2D eigenvalue weighted by atomic mass is 9.92. The molecule has 146 valence electrons. The molecule has 0 aliphatic carbocycles. The summed E-state index contributed by atoms with van der Waals surface area (Å²) in [4.78, 5) is 22.0. The van der Waals surface area contributed by atoms with Gasteiger partial charge in [0, 0.05) is 46.0 Å². The van der Waals surface area contributed by atoms with Gasteiger partial charge in [-0.3, -0.25) is 4.79 Å². The van der Waals surface area contributed by atoms with E-state index in [4.69, 9.17) is 11.6 Å². The highest BCUT2D eigenvalue weighted by atomic mass is 35.5. The second kappa shape index (κ2) is 8.75. The molecule has 28 heavy (non-hydrogen) atoms. The number of nitrogens with zero attached hydrogens (tertiary/aromatic N) is 4. The Morgan fingerprint density at radius 1 is 1.18 bits per heavy atom. The van der Waals surface area contributed by atoms with Crippen molar-refractivity contribution in [3.63, 3.8) is 0 Å². The number of aromatic nitrogens is 4. The molecule has 1 N–H and O–H groups in total. The van der Waals surface area contributed by atoms with Crippen LogP contribution in [0.3, 0.4) is 0 Å². The van der Waals surface area contributed by atoms with Crippen molar-refractivity contribution < 1.29 is 4.79 Å². The minimum absolute atomic E-state index is 0.0843. The Morgan fingerprint density at radius 3 is 2.50 bits per heavy atom. The zero-order valence-corrected chi connectivity index (χ0v) is 17.6. The van der Waals surface area contributed by atoms with Crippen LogP contribution >= 0.6 is 23.4 Å². The molecule has 2 heterocycles. The van der Waals surface area contributed by atoms with E-state index in [0.717, 1.165) is 10.6 Å². The SMILES string of the molecule is CC(C)(C)c1cc(NC(=O)CCSc2ccc(Cl)cc2)n(-c2ncccn2)n1. The molecular weight excluding hydrogens is 394 g/mol. The maximum atomic E-state index is 12.5. The Labute approximate surface area is 173 Å². The van der Waals surface area contributed by atoms with Crippen molar-refractivity contribution in [2.75, 3.05) is 11.1 Å². The average Bonchev–Trinajstić information content (AvgIpc) is 3.08. The highest BCUT2D eigenvalue weighted by Crippen LogP contribution is 2.26. The molecule has 1 aromatic carbocycles. The van der Waals surface area contributed by atoms with Gasteiger partial charge in [0.1, 0.15) is 5.82 Å². The molecule has 0 aliphatic heterocycles. The van der Waals surface area contributed by atoms with Crippen LogP contribution in [0.2, 0.25) is 5.02 Å². The zero-order valence-electron chi connectivity index (χ0n) is 16.0. The number of halogens is 1. The summed E-state index contributed by atoms with van der Waals surface area (Å²) < 4.78 is 1.57. The number of rotatable bonds is 6. The van der Waals surface area contributed by atoms with E-state index < -0.39 is 0 Å². The van der Waals surface area contributed by atoms with Gasteiger partial charge in [-0.2, -0.15) is 9.78 Å². The molecule has 1 amide bonds. The van der Waals surface area contributed by atoms with Crippen molar-refractivity contribution in [1.29, 1.82) is 0 Å². The Kier molecular flexibility index (Phi) is 6.36. The van der Waals surface area contributed by atoms with Crippen molar-refractivity contribution >= 4 is 35.1 Å². The van der Waals surface area contributed by atoms with Gasteiger partial charge in [-0.25, -0.2) is 9.97 Å². The molecule has 0 bridgehead atoms. The fourth-order valence-corrected chi connectivity index (χ4v) is 3.37. The van der Waals surface area contributed by atoms with Crippen LogP contribution in [-0.2, 0) is 10.2 Å².